The van der Waals surface area contributed by atoms with Crippen molar-refractivity contribution in [3.63, 3.8) is 0 Å². The van der Waals surface area contributed by atoms with Crippen molar-refractivity contribution in [1.29, 1.82) is 0 Å². The van der Waals surface area contributed by atoms with Crippen LogP contribution in [-0.2, 0) is 10.4 Å². The molecule has 0 unspecified atom stereocenters. The average Bonchev–Trinajstić information content (AvgIpc) is 3.37. The largest absolute Gasteiger partial charge is 0.382 e. The lowest BCUT2D eigenvalue weighted by molar-refractivity contribution is -0.144. The molecule has 162 valence electrons. The van der Waals surface area contributed by atoms with Gasteiger partial charge in [-0.15, -0.1) is 0 Å². The number of carbonyl (C=O) groups excluding carboxylic acids is 1. The van der Waals surface area contributed by atoms with Gasteiger partial charge in [-0.1, -0.05) is 5.16 Å². The summed E-state index contributed by atoms with van der Waals surface area (Å²) in [5, 5.41) is 15.0. The lowest BCUT2D eigenvalue weighted by Gasteiger charge is -2.33. The van der Waals surface area contributed by atoms with Crippen molar-refractivity contribution in [2.24, 2.45) is 0 Å². The van der Waals surface area contributed by atoms with Crippen molar-refractivity contribution in [2.75, 3.05) is 37.3 Å². The van der Waals surface area contributed by atoms with E-state index >= 15 is 0 Å². The summed E-state index contributed by atoms with van der Waals surface area (Å²) in [6.07, 6.45) is 3.65. The van der Waals surface area contributed by atoms with Crippen molar-refractivity contribution >= 4 is 28.6 Å². The summed E-state index contributed by atoms with van der Waals surface area (Å²) >= 11 is 0. The Morgan fingerprint density at radius 3 is 2.87 bits per heavy atom. The molecule has 0 spiro atoms. The van der Waals surface area contributed by atoms with Crippen LogP contribution in [-0.4, -0.2) is 62.7 Å². The molecule has 2 atom stereocenters. The van der Waals surface area contributed by atoms with Gasteiger partial charge in [-0.3, -0.25) is 4.79 Å². The quantitative estimate of drug-likeness (QED) is 0.640. The lowest BCUT2D eigenvalue weighted by atomic mass is 9.92. The number of fused-ring (bicyclic) bond motifs is 1. The highest BCUT2D eigenvalue weighted by molar-refractivity contribution is 5.88. The number of aromatic nitrogens is 4. The molecule has 10 nitrogen and oxygen atoms in total. The summed E-state index contributed by atoms with van der Waals surface area (Å²) in [5.41, 5.74) is 7.51. The number of likely N-dealkylation sites (N-methyl/N-ethyl adjacent to an activating group) is 1. The van der Waals surface area contributed by atoms with E-state index in [2.05, 4.69) is 20.0 Å². The summed E-state index contributed by atoms with van der Waals surface area (Å²) in [6, 6.07) is 3.75. The number of rotatable bonds is 3. The number of nitrogen functional groups attached to an aromatic ring is 1. The van der Waals surface area contributed by atoms with Gasteiger partial charge in [0.2, 0.25) is 5.60 Å². The van der Waals surface area contributed by atoms with Gasteiger partial charge in [-0.25, -0.2) is 15.0 Å². The van der Waals surface area contributed by atoms with Crippen molar-refractivity contribution in [2.45, 2.75) is 37.7 Å². The Hall–Kier alpha value is -3.27. The Balaban J connectivity index is 1.41. The van der Waals surface area contributed by atoms with Crippen LogP contribution in [0.2, 0.25) is 0 Å². The Morgan fingerprint density at radius 2 is 2.10 bits per heavy atom. The number of nitrogens with zero attached hydrogens (tertiary/aromatic N) is 6. The van der Waals surface area contributed by atoms with Crippen LogP contribution in [0.3, 0.4) is 0 Å². The summed E-state index contributed by atoms with van der Waals surface area (Å²) in [5.74, 6) is 1.16. The number of likely N-dealkylation sites (tertiary alicyclic amines) is 1. The molecule has 0 aromatic carbocycles. The SMILES string of the molecule is Cc1cc(N2CCC[C@H](c3cc([C@]4(O)CCN(C)C4=O)on3)C2)nc2c(N)ncnc12. The number of nitrogens with two attached hydrogens (primary N) is 1. The molecule has 2 saturated heterocycles. The third kappa shape index (κ3) is 3.18. The first kappa shape index (κ1) is 19.7. The van der Waals surface area contributed by atoms with E-state index in [4.69, 9.17) is 15.2 Å². The normalized spacial score (nSPS) is 24.4. The first-order chi connectivity index (χ1) is 14.9. The topological polar surface area (TPSA) is 134 Å². The number of pyridine rings is 1. The van der Waals surface area contributed by atoms with Crippen LogP contribution in [0.25, 0.3) is 11.0 Å². The number of aliphatic hydroxyl groups is 1. The molecule has 3 aromatic heterocycles. The molecule has 0 saturated carbocycles. The van der Waals surface area contributed by atoms with E-state index in [1.807, 2.05) is 13.0 Å². The highest BCUT2D eigenvalue weighted by atomic mass is 16.5. The fourth-order valence-electron chi connectivity index (χ4n) is 4.55. The smallest absolute Gasteiger partial charge is 0.262 e. The fourth-order valence-corrected chi connectivity index (χ4v) is 4.55. The van der Waals surface area contributed by atoms with Crippen LogP contribution in [0.5, 0.6) is 0 Å². The van der Waals surface area contributed by atoms with Crippen LogP contribution in [0, 0.1) is 6.92 Å². The average molecular weight is 423 g/mol. The Morgan fingerprint density at radius 1 is 1.26 bits per heavy atom. The molecular formula is C21H25N7O3. The molecule has 2 aliphatic heterocycles. The second kappa shape index (κ2) is 7.16. The van der Waals surface area contributed by atoms with Gasteiger partial charge in [-0.2, -0.15) is 0 Å². The highest BCUT2D eigenvalue weighted by Gasteiger charge is 2.48. The van der Waals surface area contributed by atoms with E-state index in [9.17, 15) is 9.90 Å². The van der Waals surface area contributed by atoms with Gasteiger partial charge in [0.1, 0.15) is 17.7 Å². The molecule has 1 amide bonds. The number of aryl methyl sites for hydroxylation is 1. The number of hydrogen-bond acceptors (Lipinski definition) is 9. The number of amides is 1. The molecule has 3 aromatic rings. The molecule has 3 N–H and O–H groups in total. The first-order valence-electron chi connectivity index (χ1n) is 10.4. The molecule has 5 heterocycles. The van der Waals surface area contributed by atoms with Gasteiger partial charge in [-0.05, 0) is 31.4 Å². The van der Waals surface area contributed by atoms with Gasteiger partial charge < -0.3 is 25.2 Å². The predicted octanol–water partition coefficient (Wildman–Crippen LogP) is 1.34. The van der Waals surface area contributed by atoms with Crippen molar-refractivity contribution < 1.29 is 14.4 Å². The van der Waals surface area contributed by atoms with E-state index in [0.717, 1.165) is 42.0 Å². The van der Waals surface area contributed by atoms with Crippen LogP contribution in [0.1, 0.15) is 42.2 Å². The Bertz CT molecular complexity index is 1160. The zero-order valence-corrected chi connectivity index (χ0v) is 17.6. The number of hydrogen-bond donors (Lipinski definition) is 2. The maximum Gasteiger partial charge on any atom is 0.262 e. The number of anilines is 2. The summed E-state index contributed by atoms with van der Waals surface area (Å²) in [7, 11) is 1.67. The molecule has 2 aliphatic rings. The summed E-state index contributed by atoms with van der Waals surface area (Å²) in [4.78, 5) is 29.2. The van der Waals surface area contributed by atoms with E-state index in [-0.39, 0.29) is 17.6 Å². The van der Waals surface area contributed by atoms with Crippen molar-refractivity contribution in [3.05, 3.63) is 35.5 Å². The van der Waals surface area contributed by atoms with E-state index in [1.54, 1.807) is 13.1 Å². The minimum atomic E-state index is -1.62. The van der Waals surface area contributed by atoms with Gasteiger partial charge in [0.15, 0.2) is 11.6 Å². The van der Waals surface area contributed by atoms with Crippen LogP contribution < -0.4 is 10.6 Å². The standard InChI is InChI=1S/C21H25N7O3/c1-12-8-16(25-18-17(12)23-11-24-19(18)22)28-6-3-4-13(10-28)14-9-15(31-26-14)21(30)5-7-27(2)20(21)29/h8-9,11,13,30H,3-7,10H2,1-2H3,(H2,22,23,24)/t13-,21+/m0/s1. The molecule has 5 rings (SSSR count). The van der Waals surface area contributed by atoms with E-state index < -0.39 is 5.60 Å². The van der Waals surface area contributed by atoms with E-state index in [0.29, 0.717) is 30.8 Å². The second-order valence-corrected chi connectivity index (χ2v) is 8.49. The van der Waals surface area contributed by atoms with Crippen molar-refractivity contribution in [3.8, 4) is 0 Å². The van der Waals surface area contributed by atoms with Gasteiger partial charge in [0.05, 0.1) is 11.2 Å². The van der Waals surface area contributed by atoms with Crippen LogP contribution in [0.4, 0.5) is 11.6 Å². The lowest BCUT2D eigenvalue weighted by Crippen LogP contribution is -2.36. The predicted molar refractivity (Wildman–Crippen MR) is 113 cm³/mol. The minimum absolute atomic E-state index is 0.103. The number of carbonyl (C=O) groups is 1. The summed E-state index contributed by atoms with van der Waals surface area (Å²) in [6.45, 7) is 4.04. The van der Waals surface area contributed by atoms with Gasteiger partial charge in [0.25, 0.3) is 5.91 Å². The van der Waals surface area contributed by atoms with Gasteiger partial charge >= 0.3 is 0 Å². The molecule has 0 aliphatic carbocycles. The second-order valence-electron chi connectivity index (χ2n) is 8.49. The molecule has 2 fully saturated rings. The minimum Gasteiger partial charge on any atom is -0.382 e. The fraction of sp³-hybridized carbons (Fsp3) is 0.476. The monoisotopic (exact) mass is 423 g/mol. The highest BCUT2D eigenvalue weighted by Crippen LogP contribution is 2.36. The molecule has 0 radical (unpaired) electrons. The van der Waals surface area contributed by atoms with Gasteiger partial charge in [0, 0.05) is 45.1 Å². The first-order valence-corrected chi connectivity index (χ1v) is 10.4. The van der Waals surface area contributed by atoms with Crippen LogP contribution >= 0.6 is 0 Å². The zero-order chi connectivity index (χ0) is 21.8. The Kier molecular flexibility index (Phi) is 4.54. The van der Waals surface area contributed by atoms with E-state index in [1.165, 1.54) is 11.2 Å². The number of piperidine rings is 1. The zero-order valence-electron chi connectivity index (χ0n) is 17.6. The third-order valence-electron chi connectivity index (χ3n) is 6.41. The Labute approximate surface area is 179 Å². The molecular weight excluding hydrogens is 398 g/mol. The third-order valence-corrected chi connectivity index (χ3v) is 6.41. The molecule has 0 bridgehead atoms. The van der Waals surface area contributed by atoms with Crippen LogP contribution in [0.15, 0.2) is 23.0 Å². The molecule has 10 heteroatoms. The summed E-state index contributed by atoms with van der Waals surface area (Å²) < 4.78 is 5.44. The maximum atomic E-state index is 12.4. The maximum absolute atomic E-state index is 12.4. The molecule has 31 heavy (non-hydrogen) atoms. The van der Waals surface area contributed by atoms with Crippen molar-refractivity contribution in [1.82, 2.24) is 25.0 Å².